The second-order valence-corrected chi connectivity index (χ2v) is 3.84. The highest BCUT2D eigenvalue weighted by Gasteiger charge is 2.05. The average Bonchev–Trinajstić information content (AvgIpc) is 2.56. The van der Waals surface area contributed by atoms with Gasteiger partial charge < -0.3 is 15.3 Å². The van der Waals surface area contributed by atoms with E-state index in [1.54, 1.807) is 0 Å². The van der Waals surface area contributed by atoms with Crippen molar-refractivity contribution in [3.05, 3.63) is 33.2 Å². The minimum absolute atomic E-state index is 0.224. The molecule has 5 heteroatoms. The van der Waals surface area contributed by atoms with E-state index in [0.29, 0.717) is 10.5 Å². The van der Waals surface area contributed by atoms with Crippen molar-refractivity contribution in [1.82, 2.24) is 15.3 Å². The van der Waals surface area contributed by atoms with Gasteiger partial charge in [-0.3, -0.25) is 0 Å². The molecular formula is C10H12ClN3O. The lowest BCUT2D eigenvalue weighted by atomic mass is 10.1. The third kappa shape index (κ3) is 2.06. The predicted octanol–water partition coefficient (Wildman–Crippen LogP) is 1.27. The fourth-order valence-corrected chi connectivity index (χ4v) is 1.86. The highest BCUT2D eigenvalue weighted by atomic mass is 35.5. The summed E-state index contributed by atoms with van der Waals surface area (Å²) in [5, 5.41) is 3.65. The van der Waals surface area contributed by atoms with Crippen molar-refractivity contribution < 1.29 is 0 Å². The fourth-order valence-electron chi connectivity index (χ4n) is 1.57. The molecule has 2 aromatic rings. The maximum absolute atomic E-state index is 11.1. The summed E-state index contributed by atoms with van der Waals surface area (Å²) in [4.78, 5) is 16.4. The van der Waals surface area contributed by atoms with Crippen molar-refractivity contribution in [1.29, 1.82) is 0 Å². The minimum atomic E-state index is -0.224. The molecule has 1 aromatic carbocycles. The molecule has 0 amide bonds. The summed E-state index contributed by atoms with van der Waals surface area (Å²) in [6.07, 6.45) is 0.888. The van der Waals surface area contributed by atoms with Crippen LogP contribution in [0.1, 0.15) is 5.56 Å². The molecule has 0 spiro atoms. The van der Waals surface area contributed by atoms with Gasteiger partial charge in [-0.25, -0.2) is 4.79 Å². The van der Waals surface area contributed by atoms with Crippen LogP contribution in [0.4, 0.5) is 0 Å². The van der Waals surface area contributed by atoms with Crippen LogP contribution in [0.5, 0.6) is 0 Å². The number of nitrogens with one attached hydrogen (secondary N) is 3. The normalized spacial score (nSPS) is 11.1. The van der Waals surface area contributed by atoms with Crippen molar-refractivity contribution in [2.45, 2.75) is 6.42 Å². The summed E-state index contributed by atoms with van der Waals surface area (Å²) >= 11 is 6.04. The van der Waals surface area contributed by atoms with Crippen LogP contribution in [0, 0.1) is 0 Å². The van der Waals surface area contributed by atoms with Crippen LogP contribution in [0.15, 0.2) is 16.9 Å². The summed E-state index contributed by atoms with van der Waals surface area (Å²) in [5.74, 6) is 0. The van der Waals surface area contributed by atoms with E-state index in [-0.39, 0.29) is 5.69 Å². The smallest absolute Gasteiger partial charge is 0.319 e. The van der Waals surface area contributed by atoms with E-state index in [4.69, 9.17) is 11.6 Å². The molecule has 0 fully saturated rings. The zero-order chi connectivity index (χ0) is 10.8. The number of H-pyrrole nitrogens is 2. The predicted molar refractivity (Wildman–Crippen MR) is 61.6 cm³/mol. The van der Waals surface area contributed by atoms with Gasteiger partial charge in [0.2, 0.25) is 0 Å². The Bertz CT molecular complexity index is 529. The van der Waals surface area contributed by atoms with Gasteiger partial charge in [0.15, 0.2) is 0 Å². The fraction of sp³-hybridized carbons (Fsp3) is 0.300. The van der Waals surface area contributed by atoms with E-state index >= 15 is 0 Å². The largest absolute Gasteiger partial charge is 0.323 e. The zero-order valence-corrected chi connectivity index (χ0v) is 9.11. The van der Waals surface area contributed by atoms with Crippen molar-refractivity contribution in [2.24, 2.45) is 0 Å². The Balaban J connectivity index is 2.47. The summed E-state index contributed by atoms with van der Waals surface area (Å²) in [7, 11) is 1.90. The number of halogens is 1. The topological polar surface area (TPSA) is 60.7 Å². The SMILES string of the molecule is CNCCc1cc(Cl)c2[nH]c(=O)[nH]c2c1. The Kier molecular flexibility index (Phi) is 2.79. The number of benzene rings is 1. The molecule has 0 atom stereocenters. The molecule has 0 aliphatic carbocycles. The third-order valence-electron chi connectivity index (χ3n) is 2.30. The first-order valence-electron chi connectivity index (χ1n) is 4.75. The zero-order valence-electron chi connectivity index (χ0n) is 8.36. The van der Waals surface area contributed by atoms with E-state index in [9.17, 15) is 4.79 Å². The highest BCUT2D eigenvalue weighted by molar-refractivity contribution is 6.35. The summed E-state index contributed by atoms with van der Waals surface area (Å²) in [5.41, 5.74) is 2.32. The van der Waals surface area contributed by atoms with Gasteiger partial charge in [-0.05, 0) is 37.7 Å². The van der Waals surface area contributed by atoms with Gasteiger partial charge in [0.25, 0.3) is 0 Å². The molecule has 1 aromatic heterocycles. The van der Waals surface area contributed by atoms with Crippen LogP contribution in [-0.2, 0) is 6.42 Å². The number of imidazole rings is 1. The highest BCUT2D eigenvalue weighted by Crippen LogP contribution is 2.21. The van der Waals surface area contributed by atoms with Crippen LogP contribution in [0.3, 0.4) is 0 Å². The maximum atomic E-state index is 11.1. The lowest BCUT2D eigenvalue weighted by Gasteiger charge is -2.02. The number of aromatic nitrogens is 2. The van der Waals surface area contributed by atoms with Crippen molar-refractivity contribution in [3.8, 4) is 0 Å². The van der Waals surface area contributed by atoms with Crippen LogP contribution >= 0.6 is 11.6 Å². The molecule has 1 heterocycles. The van der Waals surface area contributed by atoms with Gasteiger partial charge in [0.1, 0.15) is 0 Å². The van der Waals surface area contributed by atoms with E-state index in [2.05, 4.69) is 15.3 Å². The Morgan fingerprint density at radius 2 is 2.20 bits per heavy atom. The summed E-state index contributed by atoms with van der Waals surface area (Å²) in [6.45, 7) is 0.885. The van der Waals surface area contributed by atoms with Crippen molar-refractivity contribution in [2.75, 3.05) is 13.6 Å². The number of aromatic amines is 2. The molecule has 15 heavy (non-hydrogen) atoms. The first-order valence-corrected chi connectivity index (χ1v) is 5.13. The third-order valence-corrected chi connectivity index (χ3v) is 2.60. The Morgan fingerprint density at radius 3 is 2.93 bits per heavy atom. The van der Waals surface area contributed by atoms with Gasteiger partial charge in [-0.1, -0.05) is 11.6 Å². The van der Waals surface area contributed by atoms with Crippen LogP contribution in [0.25, 0.3) is 11.0 Å². The Hall–Kier alpha value is -1.26. The number of hydrogen-bond donors (Lipinski definition) is 3. The lowest BCUT2D eigenvalue weighted by molar-refractivity contribution is 0.792. The van der Waals surface area contributed by atoms with E-state index in [1.165, 1.54) is 0 Å². The second kappa shape index (κ2) is 4.08. The molecule has 4 nitrogen and oxygen atoms in total. The van der Waals surface area contributed by atoms with Gasteiger partial charge in [0.05, 0.1) is 16.1 Å². The summed E-state index contributed by atoms with van der Waals surface area (Å²) in [6, 6.07) is 3.82. The van der Waals surface area contributed by atoms with Gasteiger partial charge in [-0.15, -0.1) is 0 Å². The van der Waals surface area contributed by atoms with Crippen LogP contribution in [-0.4, -0.2) is 23.6 Å². The summed E-state index contributed by atoms with van der Waals surface area (Å²) < 4.78 is 0. The molecular weight excluding hydrogens is 214 g/mol. The monoisotopic (exact) mass is 225 g/mol. The lowest BCUT2D eigenvalue weighted by Crippen LogP contribution is -2.10. The first kappa shape index (κ1) is 10.3. The molecule has 0 unspecified atom stereocenters. The second-order valence-electron chi connectivity index (χ2n) is 3.43. The molecule has 0 bridgehead atoms. The van der Waals surface area contributed by atoms with Gasteiger partial charge >= 0.3 is 5.69 Å². The molecule has 3 N–H and O–H groups in total. The van der Waals surface area contributed by atoms with Gasteiger partial charge in [-0.2, -0.15) is 0 Å². The number of rotatable bonds is 3. The van der Waals surface area contributed by atoms with Crippen LogP contribution < -0.4 is 11.0 Å². The maximum Gasteiger partial charge on any atom is 0.323 e. The molecule has 0 radical (unpaired) electrons. The van der Waals surface area contributed by atoms with E-state index in [1.807, 2.05) is 19.2 Å². The van der Waals surface area contributed by atoms with E-state index in [0.717, 1.165) is 24.0 Å². The minimum Gasteiger partial charge on any atom is -0.319 e. The Morgan fingerprint density at radius 1 is 1.40 bits per heavy atom. The van der Waals surface area contributed by atoms with Crippen LogP contribution in [0.2, 0.25) is 5.02 Å². The Labute approximate surface area is 91.7 Å². The number of hydrogen-bond acceptors (Lipinski definition) is 2. The molecule has 2 rings (SSSR count). The quantitative estimate of drug-likeness (QED) is 0.737. The molecule has 80 valence electrons. The first-order chi connectivity index (χ1) is 7.20. The van der Waals surface area contributed by atoms with E-state index < -0.39 is 0 Å². The average molecular weight is 226 g/mol. The molecule has 0 saturated carbocycles. The van der Waals surface area contributed by atoms with Crippen molar-refractivity contribution >= 4 is 22.6 Å². The number of fused-ring (bicyclic) bond motifs is 1. The number of likely N-dealkylation sites (N-methyl/N-ethyl adjacent to an activating group) is 1. The molecule has 0 aliphatic rings. The van der Waals surface area contributed by atoms with Crippen molar-refractivity contribution in [3.63, 3.8) is 0 Å². The van der Waals surface area contributed by atoms with Gasteiger partial charge in [0, 0.05) is 0 Å². The standard InChI is InChI=1S/C10H12ClN3O/c1-12-3-2-6-4-7(11)9-8(5-6)13-10(15)14-9/h4-5,12H,2-3H2,1H3,(H2,13,14,15). The molecule has 0 saturated heterocycles. The molecule has 0 aliphatic heterocycles.